The van der Waals surface area contributed by atoms with Gasteiger partial charge in [-0.3, -0.25) is 4.99 Å². The van der Waals surface area contributed by atoms with Crippen LogP contribution in [-0.2, 0) is 17.8 Å². The number of ether oxygens (including phenoxy) is 2. The molecule has 0 spiro atoms. The van der Waals surface area contributed by atoms with E-state index in [1.54, 1.807) is 14.2 Å². The van der Waals surface area contributed by atoms with Gasteiger partial charge in [0, 0.05) is 52.4 Å². The molecule has 3 rings (SSSR count). The second-order valence-corrected chi connectivity index (χ2v) is 7.46. The van der Waals surface area contributed by atoms with Crippen LogP contribution < -0.4 is 15.4 Å². The van der Waals surface area contributed by atoms with Crippen molar-refractivity contribution >= 4 is 17.0 Å². The molecule has 0 aliphatic heterocycles. The van der Waals surface area contributed by atoms with Crippen LogP contribution in [0.5, 0.6) is 5.75 Å². The van der Waals surface area contributed by atoms with E-state index in [1.807, 2.05) is 25.1 Å². The van der Waals surface area contributed by atoms with Crippen molar-refractivity contribution in [3.8, 4) is 5.75 Å². The highest BCUT2D eigenvalue weighted by atomic mass is 16.5. The first-order valence-corrected chi connectivity index (χ1v) is 10.7. The summed E-state index contributed by atoms with van der Waals surface area (Å²) in [7, 11) is 3.49. The van der Waals surface area contributed by atoms with Crippen LogP contribution in [0.4, 0.5) is 0 Å². The Balaban J connectivity index is 1.54. The molecule has 0 aliphatic carbocycles. The number of rotatable bonds is 10. The van der Waals surface area contributed by atoms with Gasteiger partial charge in [0.15, 0.2) is 5.96 Å². The van der Waals surface area contributed by atoms with Crippen LogP contribution in [0.3, 0.4) is 0 Å². The van der Waals surface area contributed by atoms with E-state index in [-0.39, 0.29) is 0 Å². The molecule has 0 atom stereocenters. The second-order valence-electron chi connectivity index (χ2n) is 7.46. The molecule has 0 fully saturated rings. The first-order valence-electron chi connectivity index (χ1n) is 10.7. The third-order valence-electron chi connectivity index (χ3n) is 5.12. The van der Waals surface area contributed by atoms with E-state index in [2.05, 4.69) is 56.4 Å². The fourth-order valence-electron chi connectivity index (χ4n) is 3.49. The van der Waals surface area contributed by atoms with Crippen molar-refractivity contribution in [3.05, 3.63) is 59.4 Å². The van der Waals surface area contributed by atoms with Crippen molar-refractivity contribution in [3.63, 3.8) is 0 Å². The standard InChI is InChI=1S/C24H33N5O2/c1-18-10-11-20(23(16-18)31-15-7-14-30-4)17-27-24(25-3)26-12-13-29-19(2)28-21-8-5-6-9-22(21)29/h5-6,8-11,16H,7,12-15,17H2,1-4H3,(H2,25,26,27). The number of para-hydroxylation sites is 2. The van der Waals surface area contributed by atoms with Crippen molar-refractivity contribution in [1.29, 1.82) is 0 Å². The summed E-state index contributed by atoms with van der Waals surface area (Å²) in [6.07, 6.45) is 0.864. The Morgan fingerprint density at radius 1 is 1.10 bits per heavy atom. The molecular formula is C24H33N5O2. The molecule has 31 heavy (non-hydrogen) atoms. The smallest absolute Gasteiger partial charge is 0.191 e. The predicted molar refractivity (Wildman–Crippen MR) is 126 cm³/mol. The van der Waals surface area contributed by atoms with E-state index in [1.165, 1.54) is 5.56 Å². The maximum atomic E-state index is 5.98. The largest absolute Gasteiger partial charge is 0.493 e. The topological polar surface area (TPSA) is 72.7 Å². The molecule has 0 bridgehead atoms. The molecular weight excluding hydrogens is 390 g/mol. The summed E-state index contributed by atoms with van der Waals surface area (Å²) in [5, 5.41) is 6.78. The van der Waals surface area contributed by atoms with Gasteiger partial charge in [-0.05, 0) is 37.6 Å². The first-order chi connectivity index (χ1) is 15.1. The van der Waals surface area contributed by atoms with Crippen LogP contribution in [0.2, 0.25) is 0 Å². The van der Waals surface area contributed by atoms with Crippen molar-refractivity contribution < 1.29 is 9.47 Å². The number of hydrogen-bond donors (Lipinski definition) is 2. The quantitative estimate of drug-likeness (QED) is 0.297. The maximum absolute atomic E-state index is 5.98. The minimum Gasteiger partial charge on any atom is -0.493 e. The van der Waals surface area contributed by atoms with Crippen molar-refractivity contribution in [2.24, 2.45) is 4.99 Å². The molecule has 0 radical (unpaired) electrons. The highest BCUT2D eigenvalue weighted by Crippen LogP contribution is 2.20. The van der Waals surface area contributed by atoms with E-state index >= 15 is 0 Å². The lowest BCUT2D eigenvalue weighted by Gasteiger charge is -2.16. The summed E-state index contributed by atoms with van der Waals surface area (Å²) in [5.41, 5.74) is 4.46. The van der Waals surface area contributed by atoms with Gasteiger partial charge >= 0.3 is 0 Å². The third kappa shape index (κ3) is 6.21. The van der Waals surface area contributed by atoms with Crippen LogP contribution in [0.25, 0.3) is 11.0 Å². The molecule has 0 unspecified atom stereocenters. The van der Waals surface area contributed by atoms with Crippen LogP contribution in [0, 0.1) is 13.8 Å². The number of fused-ring (bicyclic) bond motifs is 1. The third-order valence-corrected chi connectivity index (χ3v) is 5.12. The van der Waals surface area contributed by atoms with Gasteiger partial charge in [-0.1, -0.05) is 24.3 Å². The summed E-state index contributed by atoms with van der Waals surface area (Å²) >= 11 is 0. The number of nitrogens with one attached hydrogen (secondary N) is 2. The Hall–Kier alpha value is -3.06. The summed E-state index contributed by atoms with van der Waals surface area (Å²) in [6, 6.07) is 14.5. The number of guanidine groups is 1. The van der Waals surface area contributed by atoms with Gasteiger partial charge in [0.05, 0.1) is 17.6 Å². The number of aryl methyl sites for hydroxylation is 2. The van der Waals surface area contributed by atoms with E-state index in [0.29, 0.717) is 19.8 Å². The zero-order valence-electron chi connectivity index (χ0n) is 18.9. The Morgan fingerprint density at radius 3 is 2.74 bits per heavy atom. The maximum Gasteiger partial charge on any atom is 0.191 e. The SMILES string of the molecule is CN=C(NCCn1c(C)nc2ccccc21)NCc1ccc(C)cc1OCCCOC. The van der Waals surface area contributed by atoms with Gasteiger partial charge in [0.2, 0.25) is 0 Å². The summed E-state index contributed by atoms with van der Waals surface area (Å²) in [6.45, 7) is 7.63. The molecule has 1 aromatic heterocycles. The highest BCUT2D eigenvalue weighted by Gasteiger charge is 2.08. The first kappa shape index (κ1) is 22.6. The fraction of sp³-hybridized carbons (Fsp3) is 0.417. The molecule has 2 aromatic carbocycles. The summed E-state index contributed by atoms with van der Waals surface area (Å²) in [5.74, 6) is 2.67. The number of aromatic nitrogens is 2. The average molecular weight is 424 g/mol. The fourth-order valence-corrected chi connectivity index (χ4v) is 3.49. The predicted octanol–water partition coefficient (Wildman–Crippen LogP) is 3.43. The highest BCUT2D eigenvalue weighted by molar-refractivity contribution is 5.79. The van der Waals surface area contributed by atoms with Crippen molar-refractivity contribution in [2.45, 2.75) is 33.4 Å². The van der Waals surface area contributed by atoms with E-state index < -0.39 is 0 Å². The number of nitrogens with zero attached hydrogens (tertiary/aromatic N) is 3. The monoisotopic (exact) mass is 423 g/mol. The molecule has 7 heteroatoms. The number of aliphatic imine (C=N–C) groups is 1. The normalized spacial score (nSPS) is 11.7. The molecule has 7 nitrogen and oxygen atoms in total. The molecule has 0 amide bonds. The average Bonchev–Trinajstić information content (AvgIpc) is 3.09. The van der Waals surface area contributed by atoms with E-state index in [0.717, 1.165) is 53.6 Å². The Morgan fingerprint density at radius 2 is 1.94 bits per heavy atom. The lowest BCUT2D eigenvalue weighted by molar-refractivity contribution is 0.171. The van der Waals surface area contributed by atoms with Gasteiger partial charge in [0.1, 0.15) is 11.6 Å². The Kier molecular flexibility index (Phi) is 8.29. The molecule has 3 aromatic rings. The van der Waals surface area contributed by atoms with Crippen molar-refractivity contribution in [2.75, 3.05) is 33.9 Å². The minimum absolute atomic E-state index is 0.632. The molecule has 0 aliphatic rings. The van der Waals surface area contributed by atoms with Crippen molar-refractivity contribution in [1.82, 2.24) is 20.2 Å². The molecule has 166 valence electrons. The zero-order valence-corrected chi connectivity index (χ0v) is 18.9. The Labute approximate surface area is 184 Å². The zero-order chi connectivity index (χ0) is 22.1. The molecule has 0 saturated heterocycles. The number of hydrogen-bond acceptors (Lipinski definition) is 4. The Bertz CT molecular complexity index is 1010. The van der Waals surface area contributed by atoms with Crippen LogP contribution in [0.1, 0.15) is 23.4 Å². The van der Waals surface area contributed by atoms with Crippen LogP contribution in [-0.4, -0.2) is 49.4 Å². The van der Waals surface area contributed by atoms with Gasteiger partial charge in [0.25, 0.3) is 0 Å². The summed E-state index contributed by atoms with van der Waals surface area (Å²) in [4.78, 5) is 8.98. The molecule has 1 heterocycles. The number of benzene rings is 2. The minimum atomic E-state index is 0.632. The molecule has 0 saturated carbocycles. The van der Waals surface area contributed by atoms with Gasteiger partial charge in [-0.15, -0.1) is 0 Å². The van der Waals surface area contributed by atoms with Gasteiger partial charge in [-0.25, -0.2) is 4.98 Å². The molecule has 2 N–H and O–H groups in total. The lowest BCUT2D eigenvalue weighted by Crippen LogP contribution is -2.38. The van der Waals surface area contributed by atoms with E-state index in [9.17, 15) is 0 Å². The van der Waals surface area contributed by atoms with Gasteiger partial charge in [-0.2, -0.15) is 0 Å². The summed E-state index contributed by atoms with van der Waals surface area (Å²) < 4.78 is 13.3. The number of imidazole rings is 1. The number of methoxy groups -OCH3 is 1. The van der Waals surface area contributed by atoms with Crippen LogP contribution >= 0.6 is 0 Å². The van der Waals surface area contributed by atoms with Crippen LogP contribution in [0.15, 0.2) is 47.5 Å². The van der Waals surface area contributed by atoms with E-state index in [4.69, 9.17) is 9.47 Å². The van der Waals surface area contributed by atoms with Gasteiger partial charge < -0.3 is 24.7 Å². The second kappa shape index (κ2) is 11.4. The lowest BCUT2D eigenvalue weighted by atomic mass is 10.1.